The average molecular weight is 258 g/mol. The summed E-state index contributed by atoms with van der Waals surface area (Å²) in [5.74, 6) is 1.92. The van der Waals surface area contributed by atoms with Gasteiger partial charge in [-0.05, 0) is 36.6 Å². The molecule has 0 unspecified atom stereocenters. The number of hydrogen-bond acceptors (Lipinski definition) is 5. The molecule has 0 saturated carbocycles. The first-order valence-corrected chi connectivity index (χ1v) is 6.30. The number of rotatable bonds is 3. The van der Waals surface area contributed by atoms with E-state index in [-0.39, 0.29) is 12.4 Å². The summed E-state index contributed by atoms with van der Waals surface area (Å²) in [6.45, 7) is 1.98. The Labute approximate surface area is 110 Å². The third kappa shape index (κ3) is 2.50. The van der Waals surface area contributed by atoms with Gasteiger partial charge in [0.2, 0.25) is 5.89 Å². The minimum atomic E-state index is 0.223. The molecule has 0 saturated heterocycles. The normalized spacial score (nSPS) is 14.3. The van der Waals surface area contributed by atoms with Crippen molar-refractivity contribution in [1.29, 1.82) is 0 Å². The highest BCUT2D eigenvalue weighted by Gasteiger charge is 2.17. The van der Waals surface area contributed by atoms with Crippen LogP contribution in [-0.2, 0) is 13.0 Å². The second kappa shape index (κ2) is 4.84. The van der Waals surface area contributed by atoms with E-state index in [1.165, 1.54) is 0 Å². The Bertz CT molecular complexity index is 619. The highest BCUT2D eigenvalue weighted by Crippen LogP contribution is 2.25. The standard InChI is InChI=1S/C14H14N2O3/c1-9-15-16-14(19-9)8-18-11-5-6-12-10(7-11)3-2-4-13(12)17/h5-7H,2-4,8H2,1H3. The zero-order valence-electron chi connectivity index (χ0n) is 10.7. The SMILES string of the molecule is Cc1nnc(COc2ccc3c(c2)CCCC3=O)o1. The molecule has 0 fully saturated rings. The fourth-order valence-electron chi connectivity index (χ4n) is 2.25. The van der Waals surface area contributed by atoms with E-state index in [0.717, 1.165) is 29.7 Å². The minimum Gasteiger partial charge on any atom is -0.484 e. The molecule has 0 radical (unpaired) electrons. The quantitative estimate of drug-likeness (QED) is 0.846. The summed E-state index contributed by atoms with van der Waals surface area (Å²) in [7, 11) is 0. The van der Waals surface area contributed by atoms with Gasteiger partial charge in [0.15, 0.2) is 12.4 Å². The van der Waals surface area contributed by atoms with Gasteiger partial charge in [-0.25, -0.2) is 0 Å². The van der Waals surface area contributed by atoms with E-state index >= 15 is 0 Å². The summed E-state index contributed by atoms with van der Waals surface area (Å²) >= 11 is 0. The molecule has 0 bridgehead atoms. The molecule has 0 amide bonds. The maximum Gasteiger partial charge on any atom is 0.253 e. The van der Waals surface area contributed by atoms with Crippen LogP contribution in [0.3, 0.4) is 0 Å². The lowest BCUT2D eigenvalue weighted by molar-refractivity contribution is 0.0972. The highest BCUT2D eigenvalue weighted by molar-refractivity contribution is 5.98. The summed E-state index contributed by atoms with van der Waals surface area (Å²) in [5.41, 5.74) is 1.89. The summed E-state index contributed by atoms with van der Waals surface area (Å²) < 4.78 is 10.8. The van der Waals surface area contributed by atoms with E-state index < -0.39 is 0 Å². The molecule has 0 spiro atoms. The van der Waals surface area contributed by atoms with Crippen molar-refractivity contribution in [2.75, 3.05) is 0 Å². The number of aromatic nitrogens is 2. The first-order valence-electron chi connectivity index (χ1n) is 6.30. The zero-order valence-corrected chi connectivity index (χ0v) is 10.7. The highest BCUT2D eigenvalue weighted by atomic mass is 16.5. The molecule has 98 valence electrons. The maximum absolute atomic E-state index is 11.7. The Kier molecular flexibility index (Phi) is 3.03. The smallest absolute Gasteiger partial charge is 0.253 e. The fourth-order valence-corrected chi connectivity index (χ4v) is 2.25. The van der Waals surface area contributed by atoms with Gasteiger partial charge in [0.05, 0.1) is 0 Å². The summed E-state index contributed by atoms with van der Waals surface area (Å²) in [5, 5.41) is 7.60. The van der Waals surface area contributed by atoms with Crippen LogP contribution >= 0.6 is 0 Å². The molecule has 5 heteroatoms. The molecule has 3 rings (SSSR count). The van der Waals surface area contributed by atoms with E-state index in [1.54, 1.807) is 6.92 Å². The summed E-state index contributed by atoms with van der Waals surface area (Å²) in [6, 6.07) is 5.58. The topological polar surface area (TPSA) is 65.2 Å². The number of aryl methyl sites for hydroxylation is 2. The first-order chi connectivity index (χ1) is 9.22. The van der Waals surface area contributed by atoms with E-state index in [2.05, 4.69) is 10.2 Å². The maximum atomic E-state index is 11.7. The van der Waals surface area contributed by atoms with Crippen LogP contribution in [0.4, 0.5) is 0 Å². The van der Waals surface area contributed by atoms with Crippen LogP contribution < -0.4 is 4.74 Å². The monoisotopic (exact) mass is 258 g/mol. The second-order valence-electron chi connectivity index (χ2n) is 4.60. The molecule has 19 heavy (non-hydrogen) atoms. The lowest BCUT2D eigenvalue weighted by Gasteiger charge is -2.15. The first kappa shape index (κ1) is 11.9. The molecule has 2 aromatic rings. The van der Waals surface area contributed by atoms with Crippen molar-refractivity contribution in [3.8, 4) is 5.75 Å². The van der Waals surface area contributed by atoms with Crippen molar-refractivity contribution in [3.63, 3.8) is 0 Å². The molecule has 1 aliphatic rings. The van der Waals surface area contributed by atoms with Gasteiger partial charge >= 0.3 is 0 Å². The average Bonchev–Trinajstić information content (AvgIpc) is 2.82. The number of ether oxygens (including phenoxy) is 1. The minimum absolute atomic E-state index is 0.223. The largest absolute Gasteiger partial charge is 0.484 e. The van der Waals surface area contributed by atoms with Crippen molar-refractivity contribution in [3.05, 3.63) is 41.1 Å². The summed E-state index contributed by atoms with van der Waals surface area (Å²) in [6.07, 6.45) is 2.49. The predicted molar refractivity (Wildman–Crippen MR) is 67.1 cm³/mol. The molecular formula is C14H14N2O3. The third-order valence-corrected chi connectivity index (χ3v) is 3.16. The molecule has 1 aliphatic carbocycles. The number of fused-ring (bicyclic) bond motifs is 1. The second-order valence-corrected chi connectivity index (χ2v) is 4.60. The lowest BCUT2D eigenvalue weighted by atomic mass is 9.91. The molecule has 5 nitrogen and oxygen atoms in total. The van der Waals surface area contributed by atoms with Gasteiger partial charge in [-0.1, -0.05) is 0 Å². The Balaban J connectivity index is 1.73. The van der Waals surface area contributed by atoms with Crippen LogP contribution in [0.25, 0.3) is 0 Å². The summed E-state index contributed by atoms with van der Waals surface area (Å²) in [4.78, 5) is 11.7. The molecule has 0 atom stereocenters. The number of hydrogen-bond donors (Lipinski definition) is 0. The zero-order chi connectivity index (χ0) is 13.2. The van der Waals surface area contributed by atoms with Gasteiger partial charge in [-0.2, -0.15) is 0 Å². The van der Waals surface area contributed by atoms with Gasteiger partial charge in [0.25, 0.3) is 5.89 Å². The van der Waals surface area contributed by atoms with Crippen LogP contribution in [-0.4, -0.2) is 16.0 Å². The fraction of sp³-hybridized carbons (Fsp3) is 0.357. The molecule has 0 aliphatic heterocycles. The van der Waals surface area contributed by atoms with Crippen LogP contribution in [0.5, 0.6) is 5.75 Å². The van der Waals surface area contributed by atoms with Gasteiger partial charge in [-0.15, -0.1) is 10.2 Å². The molecule has 1 heterocycles. The van der Waals surface area contributed by atoms with Crippen LogP contribution in [0, 0.1) is 6.92 Å². The van der Waals surface area contributed by atoms with Gasteiger partial charge < -0.3 is 9.15 Å². The predicted octanol–water partition coefficient (Wildman–Crippen LogP) is 2.48. The lowest BCUT2D eigenvalue weighted by Crippen LogP contribution is -2.10. The van der Waals surface area contributed by atoms with Crippen molar-refractivity contribution in [2.45, 2.75) is 32.8 Å². The van der Waals surface area contributed by atoms with Crippen molar-refractivity contribution in [2.24, 2.45) is 0 Å². The van der Waals surface area contributed by atoms with Crippen molar-refractivity contribution < 1.29 is 13.9 Å². The van der Waals surface area contributed by atoms with E-state index in [1.807, 2.05) is 18.2 Å². The van der Waals surface area contributed by atoms with Gasteiger partial charge in [0.1, 0.15) is 5.75 Å². The number of benzene rings is 1. The Hall–Kier alpha value is -2.17. The molecule has 1 aromatic carbocycles. The van der Waals surface area contributed by atoms with E-state index in [9.17, 15) is 4.79 Å². The van der Waals surface area contributed by atoms with Crippen LogP contribution in [0.2, 0.25) is 0 Å². The Morgan fingerprint density at radius 3 is 3.00 bits per heavy atom. The Morgan fingerprint density at radius 1 is 1.32 bits per heavy atom. The molecule has 0 N–H and O–H groups in total. The van der Waals surface area contributed by atoms with E-state index in [4.69, 9.17) is 9.15 Å². The number of nitrogens with zero attached hydrogens (tertiary/aromatic N) is 2. The van der Waals surface area contributed by atoms with Crippen LogP contribution in [0.1, 0.15) is 40.5 Å². The van der Waals surface area contributed by atoms with Gasteiger partial charge in [0, 0.05) is 18.9 Å². The van der Waals surface area contributed by atoms with Crippen LogP contribution in [0.15, 0.2) is 22.6 Å². The molecular weight excluding hydrogens is 244 g/mol. The van der Waals surface area contributed by atoms with Crippen molar-refractivity contribution in [1.82, 2.24) is 10.2 Å². The van der Waals surface area contributed by atoms with Gasteiger partial charge in [-0.3, -0.25) is 4.79 Å². The number of Topliss-reactive ketones (excluding diaryl/α,β-unsaturated/α-hetero) is 1. The molecule has 1 aromatic heterocycles. The van der Waals surface area contributed by atoms with Crippen molar-refractivity contribution >= 4 is 5.78 Å². The number of carbonyl (C=O) groups is 1. The van der Waals surface area contributed by atoms with E-state index in [0.29, 0.717) is 18.2 Å². The third-order valence-electron chi connectivity index (χ3n) is 3.16. The Morgan fingerprint density at radius 2 is 2.21 bits per heavy atom. The number of ketones is 1. The number of carbonyl (C=O) groups excluding carboxylic acids is 1.